The summed E-state index contributed by atoms with van der Waals surface area (Å²) in [6, 6.07) is 8.38. The van der Waals surface area contributed by atoms with Crippen LogP contribution in [0.4, 0.5) is 0 Å². The molecule has 1 atom stereocenters. The Morgan fingerprint density at radius 2 is 2.20 bits per heavy atom. The number of piperidine rings is 1. The molecule has 2 aromatic rings. The highest BCUT2D eigenvalue weighted by molar-refractivity contribution is 7.09. The summed E-state index contributed by atoms with van der Waals surface area (Å²) in [5.74, 6) is 1.00. The molecular formula is C19H25N3O2S. The van der Waals surface area contributed by atoms with E-state index in [0.717, 1.165) is 42.4 Å². The van der Waals surface area contributed by atoms with Gasteiger partial charge in [0, 0.05) is 24.5 Å². The Labute approximate surface area is 153 Å². The molecule has 1 aromatic heterocycles. The van der Waals surface area contributed by atoms with E-state index in [1.165, 1.54) is 5.56 Å². The minimum atomic E-state index is 0.163. The first-order chi connectivity index (χ1) is 12.1. The van der Waals surface area contributed by atoms with Crippen molar-refractivity contribution in [2.45, 2.75) is 38.8 Å². The molecule has 0 bridgehead atoms. The van der Waals surface area contributed by atoms with Crippen molar-refractivity contribution in [1.29, 1.82) is 0 Å². The largest absolute Gasteiger partial charge is 0.486 e. The number of carbonyl (C=O) groups excluding carboxylic acids is 1. The molecular weight excluding hydrogens is 334 g/mol. The first kappa shape index (κ1) is 17.9. The summed E-state index contributed by atoms with van der Waals surface area (Å²) < 4.78 is 5.75. The Bertz CT molecular complexity index is 699. The summed E-state index contributed by atoms with van der Waals surface area (Å²) >= 11 is 1.55. The molecule has 1 unspecified atom stereocenters. The van der Waals surface area contributed by atoms with Gasteiger partial charge in [-0.2, -0.15) is 0 Å². The molecule has 0 aliphatic carbocycles. The maximum Gasteiger partial charge on any atom is 0.228 e. The minimum absolute atomic E-state index is 0.163. The predicted molar refractivity (Wildman–Crippen MR) is 100.0 cm³/mol. The maximum absolute atomic E-state index is 12.5. The van der Waals surface area contributed by atoms with Gasteiger partial charge in [0.05, 0.1) is 12.1 Å². The summed E-state index contributed by atoms with van der Waals surface area (Å²) in [7, 11) is 1.96. The van der Waals surface area contributed by atoms with Gasteiger partial charge in [-0.3, -0.25) is 4.79 Å². The van der Waals surface area contributed by atoms with Crippen LogP contribution in [-0.2, 0) is 17.8 Å². The lowest BCUT2D eigenvalue weighted by Crippen LogP contribution is -2.47. The SMILES string of the molecule is CNC1CCCN(C(=O)Cc2csc(COc3ccc(C)cc3)n2)C1. The van der Waals surface area contributed by atoms with Crippen molar-refractivity contribution in [2.24, 2.45) is 0 Å². The number of hydrogen-bond acceptors (Lipinski definition) is 5. The van der Waals surface area contributed by atoms with Gasteiger partial charge < -0.3 is 15.0 Å². The van der Waals surface area contributed by atoms with Crippen molar-refractivity contribution < 1.29 is 9.53 Å². The van der Waals surface area contributed by atoms with Crippen molar-refractivity contribution in [2.75, 3.05) is 20.1 Å². The molecule has 1 fully saturated rings. The van der Waals surface area contributed by atoms with Gasteiger partial charge in [-0.1, -0.05) is 17.7 Å². The van der Waals surface area contributed by atoms with E-state index in [1.54, 1.807) is 11.3 Å². The molecule has 0 spiro atoms. The van der Waals surface area contributed by atoms with Gasteiger partial charge >= 0.3 is 0 Å². The number of aromatic nitrogens is 1. The Balaban J connectivity index is 1.51. The maximum atomic E-state index is 12.5. The van der Waals surface area contributed by atoms with Gasteiger partial charge in [-0.15, -0.1) is 11.3 Å². The number of amides is 1. The molecule has 134 valence electrons. The van der Waals surface area contributed by atoms with Crippen molar-refractivity contribution in [3.05, 3.63) is 45.9 Å². The van der Waals surface area contributed by atoms with Crippen molar-refractivity contribution in [3.8, 4) is 5.75 Å². The molecule has 1 aliphatic heterocycles. The van der Waals surface area contributed by atoms with E-state index < -0.39 is 0 Å². The van der Waals surface area contributed by atoms with Crippen LogP contribution in [-0.4, -0.2) is 42.0 Å². The zero-order chi connectivity index (χ0) is 17.6. The molecule has 3 rings (SSSR count). The topological polar surface area (TPSA) is 54.5 Å². The van der Waals surface area contributed by atoms with E-state index in [1.807, 2.05) is 41.6 Å². The number of thiazole rings is 1. The molecule has 25 heavy (non-hydrogen) atoms. The first-order valence-electron chi connectivity index (χ1n) is 8.72. The first-order valence-corrected chi connectivity index (χ1v) is 9.60. The number of nitrogens with zero attached hydrogens (tertiary/aromatic N) is 2. The van der Waals surface area contributed by atoms with E-state index in [2.05, 4.69) is 17.2 Å². The number of benzene rings is 1. The van der Waals surface area contributed by atoms with Crippen molar-refractivity contribution >= 4 is 17.2 Å². The fourth-order valence-electron chi connectivity index (χ4n) is 2.98. The fraction of sp³-hybridized carbons (Fsp3) is 0.474. The number of carbonyl (C=O) groups is 1. The van der Waals surface area contributed by atoms with E-state index in [4.69, 9.17) is 4.74 Å². The van der Waals surface area contributed by atoms with Gasteiger partial charge in [-0.05, 0) is 38.9 Å². The zero-order valence-corrected chi connectivity index (χ0v) is 15.6. The number of ether oxygens (including phenoxy) is 1. The Morgan fingerprint density at radius 3 is 2.96 bits per heavy atom. The third kappa shape index (κ3) is 5.03. The van der Waals surface area contributed by atoms with Gasteiger partial charge in [-0.25, -0.2) is 4.98 Å². The third-order valence-electron chi connectivity index (χ3n) is 4.50. The number of likely N-dealkylation sites (N-methyl/N-ethyl adjacent to an activating group) is 1. The van der Waals surface area contributed by atoms with E-state index >= 15 is 0 Å². The van der Waals surface area contributed by atoms with Crippen LogP contribution >= 0.6 is 11.3 Å². The smallest absolute Gasteiger partial charge is 0.228 e. The second kappa shape index (κ2) is 8.45. The summed E-state index contributed by atoms with van der Waals surface area (Å²) in [5, 5.41) is 6.13. The Morgan fingerprint density at radius 1 is 1.40 bits per heavy atom. The van der Waals surface area contributed by atoms with Crippen molar-refractivity contribution in [1.82, 2.24) is 15.2 Å². The number of hydrogen-bond donors (Lipinski definition) is 1. The quantitative estimate of drug-likeness (QED) is 0.862. The van der Waals surface area contributed by atoms with E-state index in [0.29, 0.717) is 19.1 Å². The van der Waals surface area contributed by atoms with Gasteiger partial charge in [0.2, 0.25) is 5.91 Å². The van der Waals surface area contributed by atoms with Crippen LogP contribution in [0.15, 0.2) is 29.6 Å². The number of nitrogens with one attached hydrogen (secondary N) is 1. The lowest BCUT2D eigenvalue weighted by atomic mass is 10.1. The molecule has 2 heterocycles. The Hall–Kier alpha value is -1.92. The van der Waals surface area contributed by atoms with Gasteiger partial charge in [0.25, 0.3) is 0 Å². The van der Waals surface area contributed by atoms with E-state index in [-0.39, 0.29) is 5.91 Å². The Kier molecular flexibility index (Phi) is 6.04. The third-order valence-corrected chi connectivity index (χ3v) is 5.37. The molecule has 1 aliphatic rings. The highest BCUT2D eigenvalue weighted by Gasteiger charge is 2.23. The van der Waals surface area contributed by atoms with Gasteiger partial charge in [0.1, 0.15) is 17.4 Å². The lowest BCUT2D eigenvalue weighted by molar-refractivity contribution is -0.131. The monoisotopic (exact) mass is 359 g/mol. The molecule has 1 amide bonds. The van der Waals surface area contributed by atoms with Crippen LogP contribution in [0.1, 0.15) is 29.1 Å². The summed E-state index contributed by atoms with van der Waals surface area (Å²) in [5.41, 5.74) is 2.05. The average molecular weight is 359 g/mol. The number of likely N-dealkylation sites (tertiary alicyclic amines) is 1. The molecule has 6 heteroatoms. The molecule has 1 N–H and O–H groups in total. The van der Waals surface area contributed by atoms with Crippen LogP contribution in [0.5, 0.6) is 5.75 Å². The summed E-state index contributed by atoms with van der Waals surface area (Å²) in [4.78, 5) is 19.0. The molecule has 1 aromatic carbocycles. The summed E-state index contributed by atoms with van der Waals surface area (Å²) in [6.45, 7) is 4.13. The van der Waals surface area contributed by atoms with E-state index in [9.17, 15) is 4.79 Å². The lowest BCUT2D eigenvalue weighted by Gasteiger charge is -2.32. The standard InChI is InChI=1S/C19H25N3O2S/c1-14-5-7-17(8-6-14)24-12-18-21-16(13-25-18)10-19(23)22-9-3-4-15(11-22)20-2/h5-8,13,15,20H,3-4,9-12H2,1-2H3. The predicted octanol–water partition coefficient (Wildman–Crippen LogP) is 2.78. The molecule has 0 radical (unpaired) electrons. The number of aryl methyl sites for hydroxylation is 1. The van der Waals surface area contributed by atoms with Gasteiger partial charge in [0.15, 0.2) is 0 Å². The number of rotatable bonds is 6. The van der Waals surface area contributed by atoms with Crippen LogP contribution in [0.3, 0.4) is 0 Å². The van der Waals surface area contributed by atoms with Crippen LogP contribution in [0.2, 0.25) is 0 Å². The normalized spacial score (nSPS) is 17.5. The van der Waals surface area contributed by atoms with Crippen LogP contribution < -0.4 is 10.1 Å². The van der Waals surface area contributed by atoms with Crippen LogP contribution in [0, 0.1) is 6.92 Å². The molecule has 5 nitrogen and oxygen atoms in total. The molecule has 1 saturated heterocycles. The highest BCUT2D eigenvalue weighted by atomic mass is 32.1. The highest BCUT2D eigenvalue weighted by Crippen LogP contribution is 2.17. The fourth-order valence-corrected chi connectivity index (χ4v) is 3.69. The zero-order valence-electron chi connectivity index (χ0n) is 14.8. The summed E-state index contributed by atoms with van der Waals surface area (Å²) in [6.07, 6.45) is 2.57. The second-order valence-corrected chi connectivity index (χ2v) is 7.42. The van der Waals surface area contributed by atoms with Crippen molar-refractivity contribution in [3.63, 3.8) is 0 Å². The average Bonchev–Trinajstić information content (AvgIpc) is 3.08. The van der Waals surface area contributed by atoms with Crippen LogP contribution in [0.25, 0.3) is 0 Å². The molecule has 0 saturated carbocycles. The minimum Gasteiger partial charge on any atom is -0.486 e. The second-order valence-electron chi connectivity index (χ2n) is 6.48.